The van der Waals surface area contributed by atoms with Crippen molar-refractivity contribution in [2.24, 2.45) is 0 Å². The smallest absolute Gasteiger partial charge is 0.124 e. The van der Waals surface area contributed by atoms with E-state index >= 15 is 0 Å². The molecule has 0 aliphatic carbocycles. The van der Waals surface area contributed by atoms with Crippen LogP contribution in [0.4, 0.5) is 0 Å². The van der Waals surface area contributed by atoms with Gasteiger partial charge in [-0.2, -0.15) is 0 Å². The van der Waals surface area contributed by atoms with Crippen molar-refractivity contribution < 1.29 is 4.74 Å². The fraction of sp³-hybridized carbons (Fsp3) is 0.700. The maximum Gasteiger partial charge on any atom is 0.124 e. The quantitative estimate of drug-likeness (QED) is 0.867. The molecule has 1 N–H and O–H groups in total. The van der Waals surface area contributed by atoms with Gasteiger partial charge in [0.25, 0.3) is 0 Å². The molecule has 0 radical (unpaired) electrons. The maximum atomic E-state index is 5.96. The molecule has 1 aromatic rings. The molecule has 0 saturated carbocycles. The molecular weight excluding hydrogens is 298 g/mol. The maximum absolute atomic E-state index is 5.96. The highest BCUT2D eigenvalue weighted by molar-refractivity contribution is 5.36. The van der Waals surface area contributed by atoms with E-state index in [1.807, 2.05) is 0 Å². The highest BCUT2D eigenvalue weighted by Gasteiger charge is 2.29. The third kappa shape index (κ3) is 4.50. The molecule has 1 aromatic carbocycles. The Hall–Kier alpha value is -1.10. The first kappa shape index (κ1) is 17.7. The van der Waals surface area contributed by atoms with E-state index in [-0.39, 0.29) is 0 Å². The molecular formula is C20H33N3O. The summed E-state index contributed by atoms with van der Waals surface area (Å²) in [4.78, 5) is 5.32. The number of nitrogens with zero attached hydrogens (tertiary/aromatic N) is 2. The minimum atomic E-state index is 0.426. The van der Waals surface area contributed by atoms with Crippen molar-refractivity contribution in [1.29, 1.82) is 0 Å². The lowest BCUT2D eigenvalue weighted by Crippen LogP contribution is -2.52. The Morgan fingerprint density at radius 2 is 1.96 bits per heavy atom. The van der Waals surface area contributed by atoms with Gasteiger partial charge in [-0.3, -0.25) is 4.90 Å². The third-order valence-electron chi connectivity index (χ3n) is 5.30. The van der Waals surface area contributed by atoms with Crippen LogP contribution in [0, 0.1) is 0 Å². The average Bonchev–Trinajstić information content (AvgIpc) is 2.62. The Labute approximate surface area is 147 Å². The van der Waals surface area contributed by atoms with Gasteiger partial charge >= 0.3 is 0 Å². The zero-order valence-corrected chi connectivity index (χ0v) is 15.3. The number of benzene rings is 1. The molecule has 0 amide bonds. The van der Waals surface area contributed by atoms with Crippen LogP contribution in [0.15, 0.2) is 24.3 Å². The monoisotopic (exact) mass is 331 g/mol. The highest BCUT2D eigenvalue weighted by atomic mass is 16.5. The van der Waals surface area contributed by atoms with E-state index in [4.69, 9.17) is 4.74 Å². The molecule has 134 valence electrons. The first-order chi connectivity index (χ1) is 11.8. The minimum absolute atomic E-state index is 0.426. The van der Waals surface area contributed by atoms with Gasteiger partial charge < -0.3 is 15.0 Å². The van der Waals surface area contributed by atoms with Crippen LogP contribution in [0.1, 0.15) is 44.7 Å². The Morgan fingerprint density at radius 3 is 2.71 bits per heavy atom. The Kier molecular flexibility index (Phi) is 6.52. The van der Waals surface area contributed by atoms with Crippen LogP contribution in [0.25, 0.3) is 0 Å². The minimum Gasteiger partial charge on any atom is -0.494 e. The summed E-state index contributed by atoms with van der Waals surface area (Å²) in [5, 5.41) is 3.58. The second kappa shape index (κ2) is 8.84. The van der Waals surface area contributed by atoms with Gasteiger partial charge in [0, 0.05) is 37.8 Å². The molecule has 2 atom stereocenters. The number of piperazine rings is 1. The van der Waals surface area contributed by atoms with Crippen molar-refractivity contribution in [3.8, 4) is 5.75 Å². The van der Waals surface area contributed by atoms with Crippen molar-refractivity contribution in [3.05, 3.63) is 29.8 Å². The molecule has 3 rings (SSSR count). The molecule has 2 unspecified atom stereocenters. The average molecular weight is 332 g/mol. The van der Waals surface area contributed by atoms with Gasteiger partial charge in [-0.05, 0) is 45.8 Å². The predicted molar refractivity (Wildman–Crippen MR) is 99.7 cm³/mol. The summed E-state index contributed by atoms with van der Waals surface area (Å²) in [5.41, 5.74) is 1.36. The first-order valence-electron chi connectivity index (χ1n) is 9.69. The second-order valence-corrected chi connectivity index (χ2v) is 7.20. The summed E-state index contributed by atoms with van der Waals surface area (Å²) in [7, 11) is 0. The van der Waals surface area contributed by atoms with Gasteiger partial charge in [-0.25, -0.2) is 0 Å². The van der Waals surface area contributed by atoms with E-state index in [2.05, 4.69) is 53.2 Å². The number of likely N-dealkylation sites (tertiary alicyclic amines) is 1. The molecule has 2 aliphatic rings. The topological polar surface area (TPSA) is 27.7 Å². The zero-order chi connectivity index (χ0) is 16.8. The van der Waals surface area contributed by atoms with Crippen molar-refractivity contribution in [2.45, 2.75) is 45.2 Å². The lowest BCUT2D eigenvalue weighted by atomic mass is 10.00. The third-order valence-corrected chi connectivity index (χ3v) is 5.30. The summed E-state index contributed by atoms with van der Waals surface area (Å²) in [6.07, 6.45) is 4.08. The summed E-state index contributed by atoms with van der Waals surface area (Å²) in [5.74, 6) is 1.06. The summed E-state index contributed by atoms with van der Waals surface area (Å²) in [6, 6.07) is 9.64. The lowest BCUT2D eigenvalue weighted by molar-refractivity contribution is 0.0984. The number of para-hydroxylation sites is 1. The Balaban J connectivity index is 1.83. The standard InChI is InChI=1S/C20H33N3O/c1-3-24-20-10-6-5-9-18(20)19(16-22-12-7-4-8-13-22)23-14-11-21-17(2)15-23/h5-6,9-10,17,19,21H,3-4,7-8,11-16H2,1-2H3. The summed E-state index contributed by atoms with van der Waals surface area (Å²) >= 11 is 0. The number of piperidine rings is 1. The molecule has 4 nitrogen and oxygen atoms in total. The van der Waals surface area contributed by atoms with Crippen molar-refractivity contribution in [2.75, 3.05) is 45.9 Å². The number of ether oxygens (including phenoxy) is 1. The molecule has 0 spiro atoms. The summed E-state index contributed by atoms with van der Waals surface area (Å²) < 4.78 is 5.96. The molecule has 2 aliphatic heterocycles. The molecule has 24 heavy (non-hydrogen) atoms. The van der Waals surface area contributed by atoms with Crippen LogP contribution >= 0.6 is 0 Å². The number of hydrogen-bond donors (Lipinski definition) is 1. The SMILES string of the molecule is CCOc1ccccc1C(CN1CCCCC1)N1CCNC(C)C1. The molecule has 2 fully saturated rings. The zero-order valence-electron chi connectivity index (χ0n) is 15.3. The lowest BCUT2D eigenvalue weighted by Gasteiger charge is -2.41. The number of hydrogen-bond acceptors (Lipinski definition) is 4. The fourth-order valence-corrected chi connectivity index (χ4v) is 4.09. The molecule has 4 heteroatoms. The van der Waals surface area contributed by atoms with Crippen LogP contribution in [-0.2, 0) is 0 Å². The van der Waals surface area contributed by atoms with Crippen molar-refractivity contribution >= 4 is 0 Å². The van der Waals surface area contributed by atoms with Gasteiger partial charge in [-0.15, -0.1) is 0 Å². The van der Waals surface area contributed by atoms with E-state index in [1.165, 1.54) is 37.9 Å². The predicted octanol–water partition coefficient (Wildman–Crippen LogP) is 2.91. The highest BCUT2D eigenvalue weighted by Crippen LogP contribution is 2.31. The molecule has 0 bridgehead atoms. The van der Waals surface area contributed by atoms with E-state index in [0.29, 0.717) is 12.1 Å². The van der Waals surface area contributed by atoms with Crippen LogP contribution in [-0.4, -0.2) is 61.7 Å². The van der Waals surface area contributed by atoms with E-state index < -0.39 is 0 Å². The van der Waals surface area contributed by atoms with Crippen LogP contribution in [0.2, 0.25) is 0 Å². The normalized spacial score (nSPS) is 24.7. The van der Waals surface area contributed by atoms with E-state index in [1.54, 1.807) is 0 Å². The van der Waals surface area contributed by atoms with Crippen molar-refractivity contribution in [3.63, 3.8) is 0 Å². The largest absolute Gasteiger partial charge is 0.494 e. The molecule has 2 heterocycles. The molecule has 2 saturated heterocycles. The second-order valence-electron chi connectivity index (χ2n) is 7.20. The van der Waals surface area contributed by atoms with Crippen molar-refractivity contribution in [1.82, 2.24) is 15.1 Å². The number of rotatable bonds is 6. The summed E-state index contributed by atoms with van der Waals surface area (Å²) in [6.45, 7) is 12.0. The van der Waals surface area contributed by atoms with Gasteiger partial charge in [0.15, 0.2) is 0 Å². The fourth-order valence-electron chi connectivity index (χ4n) is 4.09. The Morgan fingerprint density at radius 1 is 1.17 bits per heavy atom. The van der Waals surface area contributed by atoms with Crippen LogP contribution < -0.4 is 10.1 Å². The first-order valence-corrected chi connectivity index (χ1v) is 9.69. The van der Waals surface area contributed by atoms with Gasteiger partial charge in [0.1, 0.15) is 5.75 Å². The van der Waals surface area contributed by atoms with Gasteiger partial charge in [0.2, 0.25) is 0 Å². The van der Waals surface area contributed by atoms with Crippen LogP contribution in [0.3, 0.4) is 0 Å². The number of nitrogens with one attached hydrogen (secondary N) is 1. The van der Waals surface area contributed by atoms with E-state index in [0.717, 1.165) is 38.5 Å². The van der Waals surface area contributed by atoms with Crippen LogP contribution in [0.5, 0.6) is 5.75 Å². The van der Waals surface area contributed by atoms with E-state index in [9.17, 15) is 0 Å². The molecule has 0 aromatic heterocycles. The Bertz CT molecular complexity index is 501. The van der Waals surface area contributed by atoms with Gasteiger partial charge in [0.05, 0.1) is 12.6 Å². The van der Waals surface area contributed by atoms with Gasteiger partial charge in [-0.1, -0.05) is 24.6 Å².